The minimum Gasteiger partial charge on any atom is -0.367 e. The second kappa shape index (κ2) is 5.99. The van der Waals surface area contributed by atoms with Crippen LogP contribution in [0.25, 0.3) is 0 Å². The van der Waals surface area contributed by atoms with Crippen LogP contribution in [0.1, 0.15) is 23.2 Å². The number of carbonyl (C=O) groups excluding carboxylic acids is 1. The Morgan fingerprint density at radius 3 is 3.10 bits per heavy atom. The van der Waals surface area contributed by atoms with Crippen molar-refractivity contribution in [1.82, 2.24) is 14.5 Å². The number of thiophene rings is 1. The van der Waals surface area contributed by atoms with E-state index >= 15 is 0 Å². The van der Waals surface area contributed by atoms with Crippen molar-refractivity contribution in [2.75, 3.05) is 19.7 Å². The van der Waals surface area contributed by atoms with Gasteiger partial charge in [0.2, 0.25) is 5.91 Å². The molecule has 3 heterocycles. The molecule has 2 aromatic heterocycles. The number of aromatic nitrogens is 2. The Kier molecular flexibility index (Phi) is 4.07. The van der Waals surface area contributed by atoms with Crippen LogP contribution in [0, 0.1) is 6.92 Å². The monoisotopic (exact) mass is 305 g/mol. The van der Waals surface area contributed by atoms with Gasteiger partial charge in [0.25, 0.3) is 0 Å². The van der Waals surface area contributed by atoms with E-state index in [2.05, 4.69) is 4.98 Å². The summed E-state index contributed by atoms with van der Waals surface area (Å²) in [6, 6.07) is 2.00. The molecule has 0 aromatic carbocycles. The number of amides is 1. The molecule has 1 saturated heterocycles. The Morgan fingerprint density at radius 2 is 2.43 bits per heavy atom. The van der Waals surface area contributed by atoms with Crippen LogP contribution in [0.3, 0.4) is 0 Å². The van der Waals surface area contributed by atoms with Gasteiger partial charge < -0.3 is 14.2 Å². The van der Waals surface area contributed by atoms with E-state index in [4.69, 9.17) is 4.74 Å². The first-order valence-electron chi connectivity index (χ1n) is 7.04. The second-order valence-corrected chi connectivity index (χ2v) is 6.14. The smallest absolute Gasteiger partial charge is 0.227 e. The van der Waals surface area contributed by atoms with Crippen molar-refractivity contribution >= 4 is 17.2 Å². The highest BCUT2D eigenvalue weighted by Gasteiger charge is 2.28. The summed E-state index contributed by atoms with van der Waals surface area (Å²) in [5, 5.41) is 4.03. The number of imidazole rings is 1. The first-order valence-corrected chi connectivity index (χ1v) is 7.98. The van der Waals surface area contributed by atoms with Gasteiger partial charge in [0.05, 0.1) is 25.3 Å². The molecule has 0 saturated carbocycles. The molecule has 1 atom stereocenters. The lowest BCUT2D eigenvalue weighted by atomic mass is 10.2. The molecule has 0 aliphatic carbocycles. The molecule has 0 spiro atoms. The van der Waals surface area contributed by atoms with Gasteiger partial charge in [0, 0.05) is 19.8 Å². The Labute approximate surface area is 128 Å². The van der Waals surface area contributed by atoms with Gasteiger partial charge in [-0.25, -0.2) is 4.98 Å². The second-order valence-electron chi connectivity index (χ2n) is 5.36. The number of ether oxygens (including phenoxy) is 1. The van der Waals surface area contributed by atoms with Crippen LogP contribution in [-0.4, -0.2) is 40.1 Å². The summed E-state index contributed by atoms with van der Waals surface area (Å²) in [5.74, 6) is 1.05. The molecular formula is C15H19N3O2S. The quantitative estimate of drug-likeness (QED) is 0.870. The van der Waals surface area contributed by atoms with Gasteiger partial charge in [-0.1, -0.05) is 0 Å². The van der Waals surface area contributed by atoms with E-state index in [9.17, 15) is 4.79 Å². The molecule has 0 radical (unpaired) electrons. The van der Waals surface area contributed by atoms with E-state index in [0.717, 1.165) is 17.1 Å². The molecule has 0 N–H and O–H groups in total. The maximum atomic E-state index is 12.4. The maximum Gasteiger partial charge on any atom is 0.227 e. The maximum absolute atomic E-state index is 12.4. The number of hydrogen-bond acceptors (Lipinski definition) is 4. The average Bonchev–Trinajstić information content (AvgIpc) is 3.08. The van der Waals surface area contributed by atoms with Crippen LogP contribution in [0.2, 0.25) is 0 Å². The fraction of sp³-hybridized carbons (Fsp3) is 0.467. The highest BCUT2D eigenvalue weighted by molar-refractivity contribution is 7.07. The largest absolute Gasteiger partial charge is 0.367 e. The lowest BCUT2D eigenvalue weighted by molar-refractivity contribution is -0.138. The van der Waals surface area contributed by atoms with E-state index in [1.165, 1.54) is 0 Å². The number of nitrogens with zero attached hydrogens (tertiary/aromatic N) is 3. The average molecular weight is 305 g/mol. The molecule has 1 fully saturated rings. The van der Waals surface area contributed by atoms with E-state index in [-0.39, 0.29) is 12.0 Å². The van der Waals surface area contributed by atoms with E-state index in [1.54, 1.807) is 11.3 Å². The van der Waals surface area contributed by atoms with Crippen molar-refractivity contribution in [3.05, 3.63) is 40.1 Å². The van der Waals surface area contributed by atoms with Crippen LogP contribution < -0.4 is 0 Å². The van der Waals surface area contributed by atoms with Crippen molar-refractivity contribution in [2.45, 2.75) is 19.4 Å². The van der Waals surface area contributed by atoms with Crippen molar-refractivity contribution in [2.24, 2.45) is 7.05 Å². The van der Waals surface area contributed by atoms with Crippen LogP contribution >= 0.6 is 11.3 Å². The third-order valence-electron chi connectivity index (χ3n) is 3.68. The fourth-order valence-corrected chi connectivity index (χ4v) is 3.31. The van der Waals surface area contributed by atoms with Gasteiger partial charge >= 0.3 is 0 Å². The molecule has 5 nitrogen and oxygen atoms in total. The van der Waals surface area contributed by atoms with Crippen molar-refractivity contribution in [1.29, 1.82) is 0 Å². The molecule has 1 unspecified atom stereocenters. The van der Waals surface area contributed by atoms with Gasteiger partial charge in [-0.15, -0.1) is 0 Å². The standard InChI is InChI=1S/C15H19N3O2S/c1-11-8-17(2)15(16-11)13-9-18(4-5-20-13)14(19)7-12-3-6-21-10-12/h3,6,8,10,13H,4-5,7,9H2,1-2H3. The van der Waals surface area contributed by atoms with Gasteiger partial charge in [0.1, 0.15) is 11.9 Å². The number of carbonyl (C=O) groups is 1. The van der Waals surface area contributed by atoms with E-state index in [0.29, 0.717) is 26.1 Å². The van der Waals surface area contributed by atoms with Crippen LogP contribution in [-0.2, 0) is 23.0 Å². The zero-order valence-electron chi connectivity index (χ0n) is 12.3. The third-order valence-corrected chi connectivity index (χ3v) is 4.41. The zero-order chi connectivity index (χ0) is 14.8. The lowest BCUT2D eigenvalue weighted by Crippen LogP contribution is -2.43. The Hall–Kier alpha value is -1.66. The summed E-state index contributed by atoms with van der Waals surface area (Å²) in [4.78, 5) is 18.8. The molecular weight excluding hydrogens is 286 g/mol. The molecule has 6 heteroatoms. The van der Waals surface area contributed by atoms with Crippen molar-refractivity contribution in [3.8, 4) is 0 Å². The normalized spacial score (nSPS) is 19.0. The molecule has 112 valence electrons. The summed E-state index contributed by atoms with van der Waals surface area (Å²) < 4.78 is 7.78. The van der Waals surface area contributed by atoms with Crippen molar-refractivity contribution < 1.29 is 9.53 Å². The van der Waals surface area contributed by atoms with Crippen molar-refractivity contribution in [3.63, 3.8) is 0 Å². The van der Waals surface area contributed by atoms with E-state index < -0.39 is 0 Å². The summed E-state index contributed by atoms with van der Waals surface area (Å²) in [7, 11) is 1.96. The molecule has 0 bridgehead atoms. The topological polar surface area (TPSA) is 47.4 Å². The first kappa shape index (κ1) is 14.3. The summed E-state index contributed by atoms with van der Waals surface area (Å²) in [5.41, 5.74) is 2.05. The van der Waals surface area contributed by atoms with Crippen LogP contribution in [0.4, 0.5) is 0 Å². The fourth-order valence-electron chi connectivity index (χ4n) is 2.65. The molecule has 21 heavy (non-hydrogen) atoms. The van der Waals surface area contributed by atoms with Crippen LogP contribution in [0.15, 0.2) is 23.0 Å². The third kappa shape index (κ3) is 3.16. The highest BCUT2D eigenvalue weighted by atomic mass is 32.1. The molecule has 1 aliphatic heterocycles. The minimum atomic E-state index is -0.135. The first-order chi connectivity index (χ1) is 10.1. The van der Waals surface area contributed by atoms with Gasteiger partial charge in [-0.05, 0) is 29.3 Å². The highest BCUT2D eigenvalue weighted by Crippen LogP contribution is 2.22. The summed E-state index contributed by atoms with van der Waals surface area (Å²) >= 11 is 1.62. The Morgan fingerprint density at radius 1 is 1.57 bits per heavy atom. The molecule has 3 rings (SSSR count). The predicted octanol–water partition coefficient (Wildman–Crippen LogP) is 1.93. The van der Waals surface area contributed by atoms with Gasteiger partial charge in [-0.3, -0.25) is 4.79 Å². The Balaban J connectivity index is 1.68. The summed E-state index contributed by atoms with van der Waals surface area (Å²) in [6.07, 6.45) is 2.31. The predicted molar refractivity (Wildman–Crippen MR) is 81.2 cm³/mol. The lowest BCUT2D eigenvalue weighted by Gasteiger charge is -2.32. The van der Waals surface area contributed by atoms with Gasteiger partial charge in [-0.2, -0.15) is 11.3 Å². The number of rotatable bonds is 3. The zero-order valence-corrected chi connectivity index (χ0v) is 13.1. The molecule has 2 aromatic rings. The summed E-state index contributed by atoms with van der Waals surface area (Å²) in [6.45, 7) is 3.76. The van der Waals surface area contributed by atoms with Crippen LogP contribution in [0.5, 0.6) is 0 Å². The molecule has 1 aliphatic rings. The number of aryl methyl sites for hydroxylation is 2. The number of morpholine rings is 1. The van der Waals surface area contributed by atoms with Gasteiger partial charge in [0.15, 0.2) is 0 Å². The molecule has 1 amide bonds. The number of hydrogen-bond donors (Lipinski definition) is 0. The minimum absolute atomic E-state index is 0.135. The van der Waals surface area contributed by atoms with E-state index in [1.807, 2.05) is 46.5 Å². The SMILES string of the molecule is Cc1cn(C)c(C2CN(C(=O)Cc3ccsc3)CCO2)n1. The Bertz CT molecular complexity index is 621.